The highest BCUT2D eigenvalue weighted by Crippen LogP contribution is 2.39. The van der Waals surface area contributed by atoms with Gasteiger partial charge in [-0.1, -0.05) is 95.3 Å². The van der Waals surface area contributed by atoms with Gasteiger partial charge in [-0.15, -0.1) is 0 Å². The van der Waals surface area contributed by atoms with Gasteiger partial charge in [-0.3, -0.25) is 4.79 Å². The molecule has 1 fully saturated rings. The predicted molar refractivity (Wildman–Crippen MR) is 121 cm³/mol. The summed E-state index contributed by atoms with van der Waals surface area (Å²) in [6.45, 7) is 11.0. The number of rotatable bonds is 7. The SMILES string of the molecule is CC[C@H]1C[C@@H]([C@H](CC)O[Si](c2ccccc2)(c2ccccc2)C(C)(C)C)OC1=O. The van der Waals surface area contributed by atoms with Crippen LogP contribution in [0.1, 0.15) is 53.9 Å². The van der Waals surface area contributed by atoms with Crippen LogP contribution in [0.2, 0.25) is 5.04 Å². The first-order chi connectivity index (χ1) is 13.8. The molecule has 0 N–H and O–H groups in total. The molecule has 1 aliphatic rings. The zero-order valence-corrected chi connectivity index (χ0v) is 19.4. The molecular formula is C25H34O3Si. The lowest BCUT2D eigenvalue weighted by Crippen LogP contribution is -2.68. The van der Waals surface area contributed by atoms with E-state index in [4.69, 9.17) is 9.16 Å². The number of cyclic esters (lactones) is 1. The Hall–Kier alpha value is -1.91. The Kier molecular flexibility index (Phi) is 6.64. The van der Waals surface area contributed by atoms with Crippen molar-refractivity contribution in [2.45, 2.75) is 71.1 Å². The monoisotopic (exact) mass is 410 g/mol. The first kappa shape index (κ1) is 21.8. The van der Waals surface area contributed by atoms with E-state index in [-0.39, 0.29) is 29.1 Å². The molecule has 1 aliphatic heterocycles. The first-order valence-corrected chi connectivity index (χ1v) is 12.7. The fraction of sp³-hybridized carbons (Fsp3) is 0.480. The topological polar surface area (TPSA) is 35.5 Å². The Balaban J connectivity index is 2.09. The average Bonchev–Trinajstić information content (AvgIpc) is 3.10. The van der Waals surface area contributed by atoms with Crippen molar-refractivity contribution in [2.75, 3.05) is 0 Å². The highest BCUT2D eigenvalue weighted by molar-refractivity contribution is 6.99. The fourth-order valence-corrected chi connectivity index (χ4v) is 9.36. The molecule has 0 aromatic heterocycles. The van der Waals surface area contributed by atoms with E-state index in [1.54, 1.807) is 0 Å². The van der Waals surface area contributed by atoms with Crippen molar-refractivity contribution in [2.24, 2.45) is 5.92 Å². The van der Waals surface area contributed by atoms with Crippen LogP contribution in [0.5, 0.6) is 0 Å². The predicted octanol–water partition coefficient (Wildman–Crippen LogP) is 4.68. The molecule has 29 heavy (non-hydrogen) atoms. The van der Waals surface area contributed by atoms with Gasteiger partial charge < -0.3 is 9.16 Å². The van der Waals surface area contributed by atoms with Gasteiger partial charge in [0.25, 0.3) is 8.32 Å². The van der Waals surface area contributed by atoms with Crippen LogP contribution in [0.25, 0.3) is 0 Å². The van der Waals surface area contributed by atoms with E-state index >= 15 is 0 Å². The largest absolute Gasteiger partial charge is 0.459 e. The lowest BCUT2D eigenvalue weighted by Gasteiger charge is -2.45. The Morgan fingerprint density at radius 1 is 1.00 bits per heavy atom. The van der Waals surface area contributed by atoms with E-state index in [1.165, 1.54) is 10.4 Å². The third-order valence-corrected chi connectivity index (χ3v) is 11.2. The second-order valence-corrected chi connectivity index (χ2v) is 13.3. The van der Waals surface area contributed by atoms with E-state index < -0.39 is 8.32 Å². The molecule has 0 amide bonds. The van der Waals surface area contributed by atoms with Crippen molar-refractivity contribution in [3.63, 3.8) is 0 Å². The van der Waals surface area contributed by atoms with E-state index in [0.717, 1.165) is 19.3 Å². The van der Waals surface area contributed by atoms with Crippen molar-refractivity contribution in [3.8, 4) is 0 Å². The van der Waals surface area contributed by atoms with Crippen LogP contribution in [-0.4, -0.2) is 26.5 Å². The second kappa shape index (κ2) is 8.84. The van der Waals surface area contributed by atoms with Gasteiger partial charge >= 0.3 is 5.97 Å². The highest BCUT2D eigenvalue weighted by atomic mass is 28.4. The smallest absolute Gasteiger partial charge is 0.309 e. The Morgan fingerprint density at radius 2 is 1.52 bits per heavy atom. The molecule has 3 atom stereocenters. The standard InChI is InChI=1S/C25H34O3Si/c1-6-19-18-23(27-24(19)26)22(7-2)28-29(25(3,4)5,20-14-10-8-11-15-20)21-16-12-9-13-17-21/h8-17,19,22-23H,6-7,18H2,1-5H3/t19-,22-,23-/m0/s1. The summed E-state index contributed by atoms with van der Waals surface area (Å²) in [7, 11) is -2.65. The van der Waals surface area contributed by atoms with Crippen LogP contribution in [-0.2, 0) is 14.0 Å². The number of carbonyl (C=O) groups is 1. The van der Waals surface area contributed by atoms with Crippen molar-refractivity contribution in [1.82, 2.24) is 0 Å². The lowest BCUT2D eigenvalue weighted by atomic mass is 9.99. The summed E-state index contributed by atoms with van der Waals surface area (Å²) in [5.74, 6) is -0.0706. The summed E-state index contributed by atoms with van der Waals surface area (Å²) in [5.41, 5.74) is 0. The van der Waals surface area contributed by atoms with Crippen LogP contribution in [0.4, 0.5) is 0 Å². The van der Waals surface area contributed by atoms with E-state index in [0.29, 0.717) is 0 Å². The maximum atomic E-state index is 12.3. The van der Waals surface area contributed by atoms with Crippen LogP contribution in [0.3, 0.4) is 0 Å². The number of benzene rings is 2. The van der Waals surface area contributed by atoms with Gasteiger partial charge in [-0.05, 0) is 28.3 Å². The minimum absolute atomic E-state index is 0.00296. The van der Waals surface area contributed by atoms with E-state index in [2.05, 4.69) is 95.3 Å². The van der Waals surface area contributed by atoms with Crippen molar-refractivity contribution < 1.29 is 14.0 Å². The number of ether oxygens (including phenoxy) is 1. The third-order valence-electron chi connectivity index (χ3n) is 6.17. The molecule has 0 bridgehead atoms. The number of hydrogen-bond donors (Lipinski definition) is 0. The van der Waals surface area contributed by atoms with Crippen LogP contribution in [0.15, 0.2) is 60.7 Å². The van der Waals surface area contributed by atoms with Gasteiger partial charge in [-0.2, -0.15) is 0 Å². The highest BCUT2D eigenvalue weighted by Gasteiger charge is 2.53. The Morgan fingerprint density at radius 3 is 1.90 bits per heavy atom. The lowest BCUT2D eigenvalue weighted by molar-refractivity contribution is -0.147. The summed E-state index contributed by atoms with van der Waals surface area (Å²) >= 11 is 0. The Labute approximate surface area is 176 Å². The summed E-state index contributed by atoms with van der Waals surface area (Å²) in [5, 5.41) is 2.43. The van der Waals surface area contributed by atoms with Crippen molar-refractivity contribution in [1.29, 1.82) is 0 Å². The molecule has 2 aromatic rings. The molecular weight excluding hydrogens is 376 g/mol. The van der Waals surface area contributed by atoms with Crippen LogP contribution < -0.4 is 10.4 Å². The molecule has 1 heterocycles. The van der Waals surface area contributed by atoms with Gasteiger partial charge in [0.1, 0.15) is 6.10 Å². The zero-order chi connectivity index (χ0) is 21.1. The maximum absolute atomic E-state index is 12.3. The molecule has 0 spiro atoms. The molecule has 3 rings (SSSR count). The van der Waals surface area contributed by atoms with Gasteiger partial charge in [0.2, 0.25) is 0 Å². The molecule has 4 heteroatoms. The normalized spacial score (nSPS) is 21.1. The zero-order valence-electron chi connectivity index (χ0n) is 18.4. The molecule has 156 valence electrons. The molecule has 0 aliphatic carbocycles. The molecule has 0 radical (unpaired) electrons. The van der Waals surface area contributed by atoms with Crippen LogP contribution in [0, 0.1) is 5.92 Å². The van der Waals surface area contributed by atoms with Crippen LogP contribution >= 0.6 is 0 Å². The van der Waals surface area contributed by atoms with Gasteiger partial charge in [0.05, 0.1) is 12.0 Å². The second-order valence-electron chi connectivity index (χ2n) is 9.04. The number of carbonyl (C=O) groups excluding carboxylic acids is 1. The average molecular weight is 411 g/mol. The van der Waals surface area contributed by atoms with Gasteiger partial charge in [0, 0.05) is 6.42 Å². The van der Waals surface area contributed by atoms with Crippen molar-refractivity contribution >= 4 is 24.7 Å². The van der Waals surface area contributed by atoms with Gasteiger partial charge in [-0.25, -0.2) is 0 Å². The molecule has 2 aromatic carbocycles. The summed E-state index contributed by atoms with van der Waals surface area (Å²) in [6, 6.07) is 21.3. The summed E-state index contributed by atoms with van der Waals surface area (Å²) < 4.78 is 13.0. The van der Waals surface area contributed by atoms with Crippen molar-refractivity contribution in [3.05, 3.63) is 60.7 Å². The maximum Gasteiger partial charge on any atom is 0.309 e. The third kappa shape index (κ3) is 4.19. The fourth-order valence-electron chi connectivity index (χ4n) is 4.57. The molecule has 0 unspecified atom stereocenters. The van der Waals surface area contributed by atoms with E-state index in [1.807, 2.05) is 0 Å². The summed E-state index contributed by atoms with van der Waals surface area (Å²) in [4.78, 5) is 12.3. The molecule has 3 nitrogen and oxygen atoms in total. The number of esters is 1. The minimum Gasteiger partial charge on any atom is -0.459 e. The summed E-state index contributed by atoms with van der Waals surface area (Å²) in [6.07, 6.45) is 2.12. The van der Waals surface area contributed by atoms with Gasteiger partial charge in [0.15, 0.2) is 0 Å². The molecule has 0 saturated carbocycles. The number of hydrogen-bond acceptors (Lipinski definition) is 3. The minimum atomic E-state index is -2.65. The first-order valence-electron chi connectivity index (χ1n) is 10.8. The van der Waals surface area contributed by atoms with E-state index in [9.17, 15) is 4.79 Å². The molecule has 1 saturated heterocycles. The Bertz CT molecular complexity index is 758. The quantitative estimate of drug-likeness (QED) is 0.491.